The summed E-state index contributed by atoms with van der Waals surface area (Å²) in [6.45, 7) is 0. The molecule has 0 aromatic heterocycles. The first-order valence-corrected chi connectivity index (χ1v) is 4.29. The largest absolute Gasteiger partial charge is 0.198 e. The zero-order valence-corrected chi connectivity index (χ0v) is 8.21. The van der Waals surface area contributed by atoms with Gasteiger partial charge in [0.05, 0.1) is 27.6 Å². The molecular weight excluding hydrogens is 216 g/mol. The topological polar surface area (TPSA) is 23.8 Å². The highest BCUT2D eigenvalue weighted by atomic mass is 35.5. The highest BCUT2D eigenvalue weighted by Gasteiger charge is 2.04. The van der Waals surface area contributed by atoms with Crippen LogP contribution in [0.2, 0.25) is 15.1 Å². The number of hydrogen-bond acceptors (Lipinski definition) is 1. The molecule has 0 fully saturated rings. The van der Waals surface area contributed by atoms with Crippen LogP contribution < -0.4 is 0 Å². The third-order valence-corrected chi connectivity index (χ3v) is 2.52. The number of hydrogen-bond donors (Lipinski definition) is 0. The average Bonchev–Trinajstić information content (AvgIpc) is 2.01. The van der Waals surface area contributed by atoms with Crippen molar-refractivity contribution < 1.29 is 0 Å². The predicted octanol–water partition coefficient (Wildman–Crippen LogP) is 3.71. The van der Waals surface area contributed by atoms with Crippen LogP contribution in [0.5, 0.6) is 0 Å². The van der Waals surface area contributed by atoms with E-state index in [1.807, 2.05) is 6.07 Å². The lowest BCUT2D eigenvalue weighted by Crippen LogP contribution is -1.82. The first-order valence-electron chi connectivity index (χ1n) is 3.15. The Kier molecular flexibility index (Phi) is 3.22. The summed E-state index contributed by atoms with van der Waals surface area (Å²) >= 11 is 17.2. The standard InChI is InChI=1S/C8H4Cl3N/c9-6-3-5(1-2-12)4-7(10)8(6)11/h3-4H,1H2. The van der Waals surface area contributed by atoms with E-state index < -0.39 is 0 Å². The molecule has 1 aromatic carbocycles. The Morgan fingerprint density at radius 1 is 1.17 bits per heavy atom. The van der Waals surface area contributed by atoms with Crippen molar-refractivity contribution >= 4 is 34.8 Å². The molecule has 0 atom stereocenters. The van der Waals surface area contributed by atoms with E-state index >= 15 is 0 Å². The van der Waals surface area contributed by atoms with E-state index in [4.69, 9.17) is 40.1 Å². The second-order valence-corrected chi connectivity index (χ2v) is 3.40. The van der Waals surface area contributed by atoms with E-state index in [2.05, 4.69) is 0 Å². The van der Waals surface area contributed by atoms with Crippen molar-refractivity contribution in [3.05, 3.63) is 32.8 Å². The van der Waals surface area contributed by atoms with Gasteiger partial charge in [0.1, 0.15) is 0 Å². The fourth-order valence-electron chi connectivity index (χ4n) is 0.801. The monoisotopic (exact) mass is 219 g/mol. The molecule has 1 aromatic rings. The molecule has 0 saturated carbocycles. The lowest BCUT2D eigenvalue weighted by atomic mass is 10.2. The van der Waals surface area contributed by atoms with Crippen molar-refractivity contribution in [3.8, 4) is 6.07 Å². The maximum atomic E-state index is 8.40. The van der Waals surface area contributed by atoms with Crippen LogP contribution in [0.15, 0.2) is 12.1 Å². The Morgan fingerprint density at radius 3 is 2.08 bits per heavy atom. The third-order valence-electron chi connectivity index (χ3n) is 1.33. The van der Waals surface area contributed by atoms with Gasteiger partial charge in [-0.1, -0.05) is 34.8 Å². The lowest BCUT2D eigenvalue weighted by molar-refractivity contribution is 1.26. The van der Waals surface area contributed by atoms with E-state index in [1.165, 1.54) is 0 Å². The van der Waals surface area contributed by atoms with Crippen LogP contribution >= 0.6 is 34.8 Å². The summed E-state index contributed by atoms with van der Waals surface area (Å²) in [4.78, 5) is 0. The number of nitrogens with zero attached hydrogens (tertiary/aromatic N) is 1. The van der Waals surface area contributed by atoms with Crippen molar-refractivity contribution in [2.45, 2.75) is 6.42 Å². The maximum absolute atomic E-state index is 8.40. The van der Waals surface area contributed by atoms with Gasteiger partial charge in [0.2, 0.25) is 0 Å². The third kappa shape index (κ3) is 2.04. The minimum absolute atomic E-state index is 0.288. The summed E-state index contributed by atoms with van der Waals surface area (Å²) in [5, 5.41) is 9.50. The fourth-order valence-corrected chi connectivity index (χ4v) is 1.44. The van der Waals surface area contributed by atoms with Crippen molar-refractivity contribution in [1.29, 1.82) is 5.26 Å². The number of nitriles is 1. The van der Waals surface area contributed by atoms with Crippen LogP contribution in [0.1, 0.15) is 5.56 Å². The summed E-state index contributed by atoms with van der Waals surface area (Å²) in [7, 11) is 0. The van der Waals surface area contributed by atoms with Gasteiger partial charge in [-0.05, 0) is 17.7 Å². The van der Waals surface area contributed by atoms with Crippen LogP contribution in [-0.2, 0) is 6.42 Å². The van der Waals surface area contributed by atoms with Gasteiger partial charge in [0.25, 0.3) is 0 Å². The van der Waals surface area contributed by atoms with Crippen molar-refractivity contribution in [2.24, 2.45) is 0 Å². The van der Waals surface area contributed by atoms with Crippen molar-refractivity contribution in [3.63, 3.8) is 0 Å². The zero-order valence-electron chi connectivity index (χ0n) is 5.94. The van der Waals surface area contributed by atoms with Crippen LogP contribution in [0.25, 0.3) is 0 Å². The molecular formula is C8H4Cl3N. The van der Waals surface area contributed by atoms with Crippen LogP contribution in [0.4, 0.5) is 0 Å². The summed E-state index contributed by atoms with van der Waals surface area (Å²) in [5.74, 6) is 0. The molecule has 0 heterocycles. The van der Waals surface area contributed by atoms with Crippen LogP contribution in [-0.4, -0.2) is 0 Å². The lowest BCUT2D eigenvalue weighted by Gasteiger charge is -2.00. The second kappa shape index (κ2) is 4.00. The molecule has 0 N–H and O–H groups in total. The zero-order chi connectivity index (χ0) is 9.14. The molecule has 62 valence electrons. The Hall–Kier alpha value is -0.420. The SMILES string of the molecule is N#CCc1cc(Cl)c(Cl)c(Cl)c1. The van der Waals surface area contributed by atoms with Gasteiger partial charge in [-0.3, -0.25) is 0 Å². The Bertz CT molecular complexity index is 318. The smallest absolute Gasteiger partial charge is 0.0778 e. The van der Waals surface area contributed by atoms with E-state index in [1.54, 1.807) is 12.1 Å². The van der Waals surface area contributed by atoms with Crippen molar-refractivity contribution in [1.82, 2.24) is 0 Å². The van der Waals surface area contributed by atoms with Crippen LogP contribution in [0, 0.1) is 11.3 Å². The molecule has 12 heavy (non-hydrogen) atoms. The maximum Gasteiger partial charge on any atom is 0.0778 e. The van der Waals surface area contributed by atoms with E-state index in [-0.39, 0.29) is 6.42 Å². The first kappa shape index (κ1) is 9.67. The number of rotatable bonds is 1. The van der Waals surface area contributed by atoms with Gasteiger partial charge >= 0.3 is 0 Å². The van der Waals surface area contributed by atoms with E-state index in [9.17, 15) is 0 Å². The fraction of sp³-hybridized carbons (Fsp3) is 0.125. The summed E-state index contributed by atoms with van der Waals surface area (Å²) in [5.41, 5.74) is 0.775. The summed E-state index contributed by atoms with van der Waals surface area (Å²) in [6.07, 6.45) is 0.288. The molecule has 0 radical (unpaired) electrons. The number of benzene rings is 1. The van der Waals surface area contributed by atoms with Gasteiger partial charge in [-0.25, -0.2) is 0 Å². The molecule has 0 aliphatic rings. The molecule has 1 rings (SSSR count). The van der Waals surface area contributed by atoms with Gasteiger partial charge in [-0.2, -0.15) is 5.26 Å². The Morgan fingerprint density at radius 2 is 1.67 bits per heavy atom. The molecule has 0 aliphatic carbocycles. The normalized spacial score (nSPS) is 9.50. The summed E-state index contributed by atoms with van der Waals surface area (Å²) < 4.78 is 0. The molecule has 0 spiro atoms. The first-order chi connectivity index (χ1) is 5.65. The minimum Gasteiger partial charge on any atom is -0.198 e. The van der Waals surface area contributed by atoms with Crippen molar-refractivity contribution in [2.75, 3.05) is 0 Å². The van der Waals surface area contributed by atoms with Crippen LogP contribution in [0.3, 0.4) is 0 Å². The quantitative estimate of drug-likeness (QED) is 0.662. The Labute approximate surface area is 85.5 Å². The van der Waals surface area contributed by atoms with Gasteiger partial charge in [-0.15, -0.1) is 0 Å². The molecule has 0 bridgehead atoms. The minimum atomic E-state index is 0.288. The average molecular weight is 220 g/mol. The second-order valence-electron chi connectivity index (χ2n) is 2.21. The van der Waals surface area contributed by atoms with Gasteiger partial charge in [0.15, 0.2) is 0 Å². The van der Waals surface area contributed by atoms with Gasteiger partial charge in [0, 0.05) is 0 Å². The molecule has 0 aliphatic heterocycles. The van der Waals surface area contributed by atoms with Gasteiger partial charge < -0.3 is 0 Å². The van der Waals surface area contributed by atoms with E-state index in [0.29, 0.717) is 15.1 Å². The number of halogens is 3. The summed E-state index contributed by atoms with van der Waals surface area (Å²) in [6, 6.07) is 5.27. The van der Waals surface area contributed by atoms with E-state index in [0.717, 1.165) is 5.56 Å². The molecule has 1 nitrogen and oxygen atoms in total. The Balaban J connectivity index is 3.14. The molecule has 0 saturated heterocycles. The predicted molar refractivity (Wildman–Crippen MR) is 50.8 cm³/mol. The highest BCUT2D eigenvalue weighted by molar-refractivity contribution is 6.48. The molecule has 4 heteroatoms. The molecule has 0 unspecified atom stereocenters. The highest BCUT2D eigenvalue weighted by Crippen LogP contribution is 2.31. The molecule has 0 amide bonds.